The van der Waals surface area contributed by atoms with E-state index in [1.165, 1.54) is 26.3 Å². The van der Waals surface area contributed by atoms with Crippen molar-refractivity contribution in [1.82, 2.24) is 0 Å². The minimum absolute atomic E-state index is 0.0609. The Kier molecular flexibility index (Phi) is 3.70. The predicted octanol–water partition coefficient (Wildman–Crippen LogP) is 2.22. The fourth-order valence-corrected chi connectivity index (χ4v) is 3.16. The van der Waals surface area contributed by atoms with E-state index in [1.807, 2.05) is 0 Å². The zero-order chi connectivity index (χ0) is 15.1. The SMILES string of the molecule is COC(=O)c1cc2cc(N(C)S(C)(=O)=O)c(F)cc2s1. The van der Waals surface area contributed by atoms with Crippen LogP contribution in [0.4, 0.5) is 10.1 Å². The second-order valence-corrected chi connectivity index (χ2v) is 7.27. The van der Waals surface area contributed by atoms with Gasteiger partial charge in [0, 0.05) is 11.7 Å². The van der Waals surface area contributed by atoms with E-state index in [2.05, 4.69) is 4.74 Å². The molecule has 5 nitrogen and oxygen atoms in total. The summed E-state index contributed by atoms with van der Waals surface area (Å²) in [6.45, 7) is 0. The third kappa shape index (κ3) is 2.61. The molecule has 0 radical (unpaired) electrons. The van der Waals surface area contributed by atoms with Gasteiger partial charge in [-0.3, -0.25) is 4.31 Å². The average Bonchev–Trinajstić information content (AvgIpc) is 2.77. The lowest BCUT2D eigenvalue weighted by Gasteiger charge is -2.17. The van der Waals surface area contributed by atoms with Gasteiger partial charge in [-0.25, -0.2) is 17.6 Å². The molecule has 1 aromatic carbocycles. The molecule has 2 aromatic rings. The van der Waals surface area contributed by atoms with Gasteiger partial charge in [-0.1, -0.05) is 0 Å². The predicted molar refractivity (Wildman–Crippen MR) is 76.4 cm³/mol. The molecule has 0 saturated heterocycles. The van der Waals surface area contributed by atoms with E-state index in [1.54, 1.807) is 6.07 Å². The number of hydrogen-bond acceptors (Lipinski definition) is 5. The van der Waals surface area contributed by atoms with Crippen molar-refractivity contribution in [1.29, 1.82) is 0 Å². The molecule has 108 valence electrons. The number of hydrogen-bond donors (Lipinski definition) is 0. The molecule has 0 amide bonds. The third-order valence-electron chi connectivity index (χ3n) is 2.81. The van der Waals surface area contributed by atoms with Gasteiger partial charge in [0.05, 0.1) is 19.1 Å². The summed E-state index contributed by atoms with van der Waals surface area (Å²) >= 11 is 1.09. The average molecular weight is 317 g/mol. The van der Waals surface area contributed by atoms with Crippen molar-refractivity contribution >= 4 is 43.1 Å². The monoisotopic (exact) mass is 317 g/mol. The maximum Gasteiger partial charge on any atom is 0.348 e. The fraction of sp³-hybridized carbons (Fsp3) is 0.250. The van der Waals surface area contributed by atoms with E-state index < -0.39 is 21.8 Å². The molecule has 0 fully saturated rings. The Hall–Kier alpha value is -1.67. The summed E-state index contributed by atoms with van der Waals surface area (Å²) in [4.78, 5) is 11.8. The van der Waals surface area contributed by atoms with Crippen LogP contribution < -0.4 is 4.31 Å². The lowest BCUT2D eigenvalue weighted by molar-refractivity contribution is 0.0606. The van der Waals surface area contributed by atoms with E-state index in [0.717, 1.165) is 21.9 Å². The van der Waals surface area contributed by atoms with Gasteiger partial charge >= 0.3 is 5.97 Å². The second kappa shape index (κ2) is 5.02. The number of sulfonamides is 1. The molecular weight excluding hydrogens is 305 g/mol. The first-order valence-electron chi connectivity index (χ1n) is 5.49. The van der Waals surface area contributed by atoms with Gasteiger partial charge in [0.25, 0.3) is 0 Å². The minimum atomic E-state index is -3.56. The first-order valence-corrected chi connectivity index (χ1v) is 8.16. The lowest BCUT2D eigenvalue weighted by atomic mass is 10.2. The Balaban J connectivity index is 2.60. The minimum Gasteiger partial charge on any atom is -0.465 e. The number of carbonyl (C=O) groups excluding carboxylic acids is 1. The number of halogens is 1. The number of thiophene rings is 1. The van der Waals surface area contributed by atoms with E-state index in [9.17, 15) is 17.6 Å². The molecule has 2 rings (SSSR count). The Labute approximate surface area is 119 Å². The number of anilines is 1. The highest BCUT2D eigenvalue weighted by Crippen LogP contribution is 2.32. The Morgan fingerprint density at radius 2 is 2.00 bits per heavy atom. The second-order valence-electron chi connectivity index (χ2n) is 4.17. The highest BCUT2D eigenvalue weighted by molar-refractivity contribution is 7.92. The summed E-state index contributed by atoms with van der Waals surface area (Å²) in [5, 5.41) is 0.585. The molecule has 1 heterocycles. The molecule has 1 aromatic heterocycles. The Morgan fingerprint density at radius 1 is 1.35 bits per heavy atom. The lowest BCUT2D eigenvalue weighted by Crippen LogP contribution is -2.25. The van der Waals surface area contributed by atoms with Crippen molar-refractivity contribution in [2.24, 2.45) is 0 Å². The zero-order valence-electron chi connectivity index (χ0n) is 11.0. The van der Waals surface area contributed by atoms with Gasteiger partial charge in [0.15, 0.2) is 0 Å². The van der Waals surface area contributed by atoms with Gasteiger partial charge in [-0.05, 0) is 23.6 Å². The first kappa shape index (κ1) is 14.7. The number of methoxy groups -OCH3 is 1. The van der Waals surface area contributed by atoms with Crippen molar-refractivity contribution < 1.29 is 22.3 Å². The van der Waals surface area contributed by atoms with Crippen LogP contribution in [0.25, 0.3) is 10.1 Å². The quantitative estimate of drug-likeness (QED) is 0.814. The summed E-state index contributed by atoms with van der Waals surface area (Å²) in [5.74, 6) is -1.17. The molecule has 0 saturated carbocycles. The van der Waals surface area contributed by atoms with Crippen LogP contribution in [0.1, 0.15) is 9.67 Å². The van der Waals surface area contributed by atoms with Gasteiger partial charge in [0.1, 0.15) is 10.7 Å². The van der Waals surface area contributed by atoms with Crippen LogP contribution >= 0.6 is 11.3 Å². The van der Waals surface area contributed by atoms with Crippen LogP contribution in [-0.2, 0) is 14.8 Å². The van der Waals surface area contributed by atoms with Crippen LogP contribution in [-0.4, -0.2) is 34.8 Å². The van der Waals surface area contributed by atoms with Crippen molar-refractivity contribution in [3.63, 3.8) is 0 Å². The summed E-state index contributed by atoms with van der Waals surface area (Å²) in [7, 11) is -1.03. The molecule has 0 unspecified atom stereocenters. The van der Waals surface area contributed by atoms with Gasteiger partial charge in [-0.2, -0.15) is 0 Å². The molecule has 0 N–H and O–H groups in total. The van der Waals surface area contributed by atoms with Crippen LogP contribution in [0.2, 0.25) is 0 Å². The standard InChI is InChI=1S/C12H12FNO4S2/c1-14(20(3,16)17)9-4-7-5-11(12(15)18-2)19-10(7)6-8(9)13/h4-6H,1-3H3. The van der Waals surface area contributed by atoms with Crippen LogP contribution in [0.5, 0.6) is 0 Å². The zero-order valence-corrected chi connectivity index (χ0v) is 12.6. The molecule has 0 aliphatic carbocycles. The number of esters is 1. The molecule has 0 aliphatic rings. The number of fused-ring (bicyclic) bond motifs is 1. The summed E-state index contributed by atoms with van der Waals surface area (Å²) < 4.78 is 42.9. The third-order valence-corrected chi connectivity index (χ3v) is 5.08. The number of benzene rings is 1. The molecule has 20 heavy (non-hydrogen) atoms. The highest BCUT2D eigenvalue weighted by atomic mass is 32.2. The van der Waals surface area contributed by atoms with Crippen LogP contribution in [0.15, 0.2) is 18.2 Å². The number of rotatable bonds is 3. The van der Waals surface area contributed by atoms with E-state index in [0.29, 0.717) is 15.0 Å². The molecule has 8 heteroatoms. The van der Waals surface area contributed by atoms with Crippen molar-refractivity contribution in [3.8, 4) is 0 Å². The van der Waals surface area contributed by atoms with Crippen LogP contribution in [0, 0.1) is 5.82 Å². The largest absolute Gasteiger partial charge is 0.465 e. The molecule has 0 bridgehead atoms. The molecule has 0 spiro atoms. The van der Waals surface area contributed by atoms with E-state index in [-0.39, 0.29) is 5.69 Å². The van der Waals surface area contributed by atoms with Gasteiger partial charge in [-0.15, -0.1) is 11.3 Å². The highest BCUT2D eigenvalue weighted by Gasteiger charge is 2.19. The van der Waals surface area contributed by atoms with Crippen LogP contribution in [0.3, 0.4) is 0 Å². The number of ether oxygens (including phenoxy) is 1. The Bertz CT molecular complexity index is 782. The summed E-state index contributed by atoms with van der Waals surface area (Å²) in [6.07, 6.45) is 0.990. The van der Waals surface area contributed by atoms with Gasteiger partial charge in [0.2, 0.25) is 10.0 Å². The van der Waals surface area contributed by atoms with E-state index >= 15 is 0 Å². The maximum absolute atomic E-state index is 14.0. The van der Waals surface area contributed by atoms with Gasteiger partial charge < -0.3 is 4.74 Å². The smallest absolute Gasteiger partial charge is 0.348 e. The topological polar surface area (TPSA) is 63.7 Å². The fourth-order valence-electron chi connectivity index (χ4n) is 1.67. The molecule has 0 atom stereocenters. The Morgan fingerprint density at radius 3 is 2.55 bits per heavy atom. The van der Waals surface area contributed by atoms with E-state index in [4.69, 9.17) is 0 Å². The van der Waals surface area contributed by atoms with Crippen molar-refractivity contribution in [2.75, 3.05) is 24.7 Å². The summed E-state index contributed by atoms with van der Waals surface area (Å²) in [6, 6.07) is 4.16. The normalized spacial score (nSPS) is 11.6. The maximum atomic E-state index is 14.0. The molecular formula is C12H12FNO4S2. The number of nitrogens with zero attached hydrogens (tertiary/aromatic N) is 1. The molecule has 0 aliphatic heterocycles. The van der Waals surface area contributed by atoms with Crippen molar-refractivity contribution in [3.05, 3.63) is 28.9 Å². The van der Waals surface area contributed by atoms with Crippen molar-refractivity contribution in [2.45, 2.75) is 0 Å². The first-order chi connectivity index (χ1) is 9.24. The number of carbonyl (C=O) groups is 1. The summed E-state index contributed by atoms with van der Waals surface area (Å²) in [5.41, 5.74) is -0.0609.